The van der Waals surface area contributed by atoms with Crippen molar-refractivity contribution >= 4 is 37.8 Å². The van der Waals surface area contributed by atoms with Gasteiger partial charge in [-0.3, -0.25) is 4.79 Å². The van der Waals surface area contributed by atoms with Crippen LogP contribution in [0, 0.1) is 11.8 Å². The molecule has 0 radical (unpaired) electrons. The maximum Gasteiger partial charge on any atom is 0.309 e. The lowest BCUT2D eigenvalue weighted by molar-refractivity contribution is -0.141. The number of cyclic esters (lactones) is 1. The first kappa shape index (κ1) is 9.00. The maximum absolute atomic E-state index is 11.2. The molecule has 0 aromatic rings. The van der Waals surface area contributed by atoms with Gasteiger partial charge < -0.3 is 4.74 Å². The number of halogens is 2. The predicted molar refractivity (Wildman–Crippen MR) is 52.6 cm³/mol. The van der Waals surface area contributed by atoms with Crippen molar-refractivity contribution in [2.75, 3.05) is 6.61 Å². The summed E-state index contributed by atoms with van der Waals surface area (Å²) < 4.78 is 5.02. The zero-order valence-corrected chi connectivity index (χ0v) is 9.68. The van der Waals surface area contributed by atoms with Gasteiger partial charge in [0.05, 0.1) is 12.5 Å². The molecule has 12 heavy (non-hydrogen) atoms. The molecular weight excluding hydrogens is 288 g/mol. The highest BCUT2D eigenvalue weighted by atomic mass is 79.9. The zero-order valence-electron chi connectivity index (χ0n) is 6.50. The summed E-state index contributed by atoms with van der Waals surface area (Å²) in [5, 5.41) is 0. The number of fused-ring (bicyclic) bond motifs is 1. The topological polar surface area (TPSA) is 26.3 Å². The molecule has 2 aliphatic rings. The molecule has 0 aromatic carbocycles. The Hall–Kier alpha value is 0.430. The second kappa shape index (κ2) is 3.29. The smallest absolute Gasteiger partial charge is 0.309 e. The minimum absolute atomic E-state index is 0.00356. The molecular formula is C8H10Br2O2. The summed E-state index contributed by atoms with van der Waals surface area (Å²) in [6.45, 7) is 0.630. The summed E-state index contributed by atoms with van der Waals surface area (Å²) in [7, 11) is 0. The number of ether oxygens (including phenoxy) is 1. The number of carbonyl (C=O) groups is 1. The molecule has 0 amide bonds. The third kappa shape index (κ3) is 1.43. The summed E-state index contributed by atoms with van der Waals surface area (Å²) in [5.41, 5.74) is 0. The number of carbonyl (C=O) groups excluding carboxylic acids is 1. The lowest BCUT2D eigenvalue weighted by Gasteiger charge is -2.29. The minimum atomic E-state index is 0.00356. The second-order valence-electron chi connectivity index (χ2n) is 3.50. The van der Waals surface area contributed by atoms with E-state index in [9.17, 15) is 4.79 Å². The molecule has 4 atom stereocenters. The van der Waals surface area contributed by atoms with Crippen LogP contribution >= 0.6 is 31.9 Å². The first-order chi connectivity index (χ1) is 5.68. The standard InChI is InChI=1S/C8H10Br2O2/c9-6-1-4-3-12-8(11)5(4)2-7(6)10/h4-7H,1-3H2/t4-,5+,6-,7+/m1/s1. The Morgan fingerprint density at radius 1 is 1.25 bits per heavy atom. The predicted octanol–water partition coefficient (Wildman–Crippen LogP) is 2.10. The van der Waals surface area contributed by atoms with Crippen molar-refractivity contribution in [1.82, 2.24) is 0 Å². The first-order valence-corrected chi connectivity index (χ1v) is 5.96. The van der Waals surface area contributed by atoms with Gasteiger partial charge in [-0.15, -0.1) is 0 Å². The third-order valence-corrected chi connectivity index (χ3v) is 5.44. The lowest BCUT2D eigenvalue weighted by atomic mass is 9.81. The Balaban J connectivity index is 2.09. The van der Waals surface area contributed by atoms with Crippen LogP contribution in [0.3, 0.4) is 0 Å². The van der Waals surface area contributed by atoms with Gasteiger partial charge in [-0.1, -0.05) is 31.9 Å². The Kier molecular flexibility index (Phi) is 2.47. The summed E-state index contributed by atoms with van der Waals surface area (Å²) >= 11 is 7.16. The van der Waals surface area contributed by atoms with E-state index in [2.05, 4.69) is 31.9 Å². The Bertz CT molecular complexity index is 207. The van der Waals surface area contributed by atoms with Crippen molar-refractivity contribution in [3.8, 4) is 0 Å². The molecule has 1 saturated carbocycles. The van der Waals surface area contributed by atoms with E-state index in [1.807, 2.05) is 0 Å². The van der Waals surface area contributed by atoms with E-state index >= 15 is 0 Å². The van der Waals surface area contributed by atoms with Crippen LogP contribution in [-0.4, -0.2) is 22.2 Å². The normalized spacial score (nSPS) is 47.0. The molecule has 1 heterocycles. The summed E-state index contributed by atoms with van der Waals surface area (Å²) in [6, 6.07) is 0. The molecule has 1 aliphatic carbocycles. The highest BCUT2D eigenvalue weighted by Gasteiger charge is 2.43. The van der Waals surface area contributed by atoms with Crippen LogP contribution < -0.4 is 0 Å². The Labute approximate surface area is 88.3 Å². The molecule has 0 bridgehead atoms. The molecule has 2 fully saturated rings. The third-order valence-electron chi connectivity index (χ3n) is 2.71. The molecule has 4 heteroatoms. The van der Waals surface area contributed by atoms with E-state index in [0.29, 0.717) is 22.2 Å². The fraction of sp³-hybridized carbons (Fsp3) is 0.875. The van der Waals surface area contributed by atoms with Crippen molar-refractivity contribution in [2.45, 2.75) is 22.5 Å². The number of alkyl halides is 2. The van der Waals surface area contributed by atoms with Crippen molar-refractivity contribution in [3.63, 3.8) is 0 Å². The molecule has 0 N–H and O–H groups in total. The minimum Gasteiger partial charge on any atom is -0.465 e. The fourth-order valence-electron chi connectivity index (χ4n) is 1.95. The van der Waals surface area contributed by atoms with Gasteiger partial charge in [0.2, 0.25) is 0 Å². The molecule has 0 aromatic heterocycles. The van der Waals surface area contributed by atoms with Crippen LogP contribution in [0.25, 0.3) is 0 Å². The molecule has 0 spiro atoms. The van der Waals surface area contributed by atoms with Crippen LogP contribution in [0.1, 0.15) is 12.8 Å². The molecule has 1 aliphatic heterocycles. The van der Waals surface area contributed by atoms with Crippen LogP contribution in [0.4, 0.5) is 0 Å². The quantitative estimate of drug-likeness (QED) is 0.506. The van der Waals surface area contributed by atoms with Gasteiger partial charge in [0.15, 0.2) is 0 Å². The van der Waals surface area contributed by atoms with Crippen LogP contribution in [0.2, 0.25) is 0 Å². The van der Waals surface area contributed by atoms with Gasteiger partial charge in [-0.2, -0.15) is 0 Å². The number of esters is 1. The molecule has 2 rings (SSSR count). The number of hydrogen-bond donors (Lipinski definition) is 0. The van der Waals surface area contributed by atoms with E-state index in [1.54, 1.807) is 0 Å². The van der Waals surface area contributed by atoms with Gasteiger partial charge in [0, 0.05) is 15.6 Å². The van der Waals surface area contributed by atoms with E-state index in [-0.39, 0.29) is 11.9 Å². The largest absolute Gasteiger partial charge is 0.465 e. The Morgan fingerprint density at radius 3 is 2.67 bits per heavy atom. The summed E-state index contributed by atoms with van der Waals surface area (Å²) in [6.07, 6.45) is 1.96. The van der Waals surface area contributed by atoms with Gasteiger partial charge in [-0.05, 0) is 12.8 Å². The van der Waals surface area contributed by atoms with Crippen molar-refractivity contribution < 1.29 is 9.53 Å². The van der Waals surface area contributed by atoms with Crippen LogP contribution in [0.5, 0.6) is 0 Å². The number of rotatable bonds is 0. The van der Waals surface area contributed by atoms with Gasteiger partial charge in [-0.25, -0.2) is 0 Å². The molecule has 68 valence electrons. The SMILES string of the molecule is O=C1OC[C@H]2C[C@@H](Br)[C@@H](Br)C[C@H]12. The van der Waals surface area contributed by atoms with E-state index in [4.69, 9.17) is 4.74 Å². The van der Waals surface area contributed by atoms with Crippen LogP contribution in [-0.2, 0) is 9.53 Å². The highest BCUT2D eigenvalue weighted by Crippen LogP contribution is 2.41. The fourth-order valence-corrected chi connectivity index (χ4v) is 3.27. The summed E-state index contributed by atoms with van der Waals surface area (Å²) in [5.74, 6) is 0.614. The zero-order chi connectivity index (χ0) is 8.72. The molecule has 1 saturated heterocycles. The maximum atomic E-state index is 11.2. The summed E-state index contributed by atoms with van der Waals surface area (Å²) in [4.78, 5) is 12.1. The highest BCUT2D eigenvalue weighted by molar-refractivity contribution is 9.12. The van der Waals surface area contributed by atoms with Gasteiger partial charge in [0.25, 0.3) is 0 Å². The average molecular weight is 298 g/mol. The van der Waals surface area contributed by atoms with E-state index < -0.39 is 0 Å². The van der Waals surface area contributed by atoms with Gasteiger partial charge >= 0.3 is 5.97 Å². The second-order valence-corrected chi connectivity index (χ2v) is 5.85. The van der Waals surface area contributed by atoms with Crippen molar-refractivity contribution in [2.24, 2.45) is 11.8 Å². The van der Waals surface area contributed by atoms with E-state index in [1.165, 1.54) is 0 Å². The van der Waals surface area contributed by atoms with Crippen LogP contribution in [0.15, 0.2) is 0 Å². The first-order valence-electron chi connectivity index (χ1n) is 4.13. The molecule has 2 nitrogen and oxygen atoms in total. The molecule has 0 unspecified atom stereocenters. The number of hydrogen-bond acceptors (Lipinski definition) is 2. The van der Waals surface area contributed by atoms with E-state index in [0.717, 1.165) is 12.8 Å². The Morgan fingerprint density at radius 2 is 1.92 bits per heavy atom. The van der Waals surface area contributed by atoms with Crippen molar-refractivity contribution in [1.29, 1.82) is 0 Å². The van der Waals surface area contributed by atoms with Crippen molar-refractivity contribution in [3.05, 3.63) is 0 Å². The lowest BCUT2D eigenvalue weighted by Crippen LogP contribution is -2.33. The average Bonchev–Trinajstić information content (AvgIpc) is 2.35. The van der Waals surface area contributed by atoms with Gasteiger partial charge in [0.1, 0.15) is 0 Å². The monoisotopic (exact) mass is 296 g/mol.